The van der Waals surface area contributed by atoms with Crippen LogP contribution < -0.4 is 19.9 Å². The molecule has 1 fully saturated rings. The number of rotatable bonds is 5. The van der Waals surface area contributed by atoms with E-state index in [2.05, 4.69) is 43.9 Å². The maximum absolute atomic E-state index is 12.8. The van der Waals surface area contributed by atoms with Gasteiger partial charge in [-0.1, -0.05) is 0 Å². The first-order chi connectivity index (χ1) is 13.8. The fraction of sp³-hybridized carbons (Fsp3) is 0.150. The topological polar surface area (TPSA) is 84.9 Å². The quantitative estimate of drug-likeness (QED) is 0.194. The zero-order valence-corrected chi connectivity index (χ0v) is 19.2. The largest absolute Gasteiger partial charge is 0.490 e. The summed E-state index contributed by atoms with van der Waals surface area (Å²) in [4.78, 5) is 36.5. The molecule has 0 spiro atoms. The van der Waals surface area contributed by atoms with Crippen molar-refractivity contribution in [2.24, 2.45) is 0 Å². The molecule has 1 saturated heterocycles. The van der Waals surface area contributed by atoms with Crippen LogP contribution in [0.15, 0.2) is 46.4 Å². The van der Waals surface area contributed by atoms with Gasteiger partial charge in [0.15, 0.2) is 11.5 Å². The molecule has 1 heterocycles. The minimum atomic E-state index is -0.508. The standard InChI is InChI=1S/C20H16BrIN2O5/c1-3-28-17-10-12(9-16(21)18(17)29-11(2)25)8-15-19(26)23-24(20(15)27)14-6-4-13(22)5-7-14/h4-10H,3H2,1-2H3,(H,23,26)/b15-8-. The fourth-order valence-electron chi connectivity index (χ4n) is 2.67. The summed E-state index contributed by atoms with van der Waals surface area (Å²) < 4.78 is 12.2. The monoisotopic (exact) mass is 570 g/mol. The normalized spacial score (nSPS) is 14.9. The van der Waals surface area contributed by atoms with Gasteiger partial charge in [0.2, 0.25) is 0 Å². The van der Waals surface area contributed by atoms with Crippen molar-refractivity contribution in [2.75, 3.05) is 11.6 Å². The second-order valence-electron chi connectivity index (χ2n) is 5.97. The minimum absolute atomic E-state index is 0.0156. The Hall–Kier alpha value is -2.40. The lowest BCUT2D eigenvalue weighted by atomic mass is 10.1. The van der Waals surface area contributed by atoms with Crippen molar-refractivity contribution in [1.82, 2.24) is 5.43 Å². The van der Waals surface area contributed by atoms with Crippen LogP contribution in [0, 0.1) is 3.57 Å². The second kappa shape index (κ2) is 8.95. The van der Waals surface area contributed by atoms with Gasteiger partial charge in [-0.3, -0.25) is 19.8 Å². The predicted molar refractivity (Wildman–Crippen MR) is 119 cm³/mol. The third-order valence-corrected chi connectivity index (χ3v) is 5.17. The van der Waals surface area contributed by atoms with Gasteiger partial charge >= 0.3 is 5.97 Å². The molecule has 3 rings (SSSR count). The minimum Gasteiger partial charge on any atom is -0.490 e. The molecule has 0 saturated carbocycles. The Morgan fingerprint density at radius 3 is 2.55 bits per heavy atom. The first kappa shape index (κ1) is 21.3. The van der Waals surface area contributed by atoms with E-state index in [0.29, 0.717) is 28.1 Å². The first-order valence-electron chi connectivity index (χ1n) is 8.57. The van der Waals surface area contributed by atoms with Crippen LogP contribution in [0.1, 0.15) is 19.4 Å². The molecule has 2 amide bonds. The number of ether oxygens (including phenoxy) is 2. The number of anilines is 1. The van der Waals surface area contributed by atoms with Gasteiger partial charge in [0.1, 0.15) is 5.57 Å². The maximum Gasteiger partial charge on any atom is 0.308 e. The molecular formula is C20H16BrIN2O5. The molecule has 0 atom stereocenters. The Morgan fingerprint density at radius 1 is 1.24 bits per heavy atom. The predicted octanol–water partition coefficient (Wildman–Crippen LogP) is 3.84. The van der Waals surface area contributed by atoms with Crippen molar-refractivity contribution >= 4 is 68.1 Å². The van der Waals surface area contributed by atoms with Gasteiger partial charge in [-0.05, 0) is 93.5 Å². The highest BCUT2D eigenvalue weighted by Crippen LogP contribution is 2.38. The van der Waals surface area contributed by atoms with Crippen molar-refractivity contribution < 1.29 is 23.9 Å². The van der Waals surface area contributed by atoms with Crippen molar-refractivity contribution in [3.8, 4) is 11.5 Å². The Labute approximate surface area is 189 Å². The van der Waals surface area contributed by atoms with Crippen LogP contribution >= 0.6 is 38.5 Å². The number of hydrogen-bond acceptors (Lipinski definition) is 5. The molecule has 1 aliphatic heterocycles. The van der Waals surface area contributed by atoms with E-state index in [-0.39, 0.29) is 11.3 Å². The summed E-state index contributed by atoms with van der Waals surface area (Å²) in [5.74, 6) is -0.897. The van der Waals surface area contributed by atoms with E-state index in [1.807, 2.05) is 12.1 Å². The Bertz CT molecular complexity index is 1020. The van der Waals surface area contributed by atoms with E-state index in [1.54, 1.807) is 31.2 Å². The van der Waals surface area contributed by atoms with E-state index in [4.69, 9.17) is 9.47 Å². The highest BCUT2D eigenvalue weighted by Gasteiger charge is 2.34. The van der Waals surface area contributed by atoms with Gasteiger partial charge in [-0.25, -0.2) is 5.01 Å². The molecule has 9 heteroatoms. The average Bonchev–Trinajstić information content (AvgIpc) is 2.93. The van der Waals surface area contributed by atoms with Crippen LogP contribution in [-0.2, 0) is 14.4 Å². The van der Waals surface area contributed by atoms with Crippen molar-refractivity contribution in [1.29, 1.82) is 0 Å². The highest BCUT2D eigenvalue weighted by molar-refractivity contribution is 14.1. The van der Waals surface area contributed by atoms with Gasteiger partial charge < -0.3 is 9.47 Å². The van der Waals surface area contributed by atoms with Gasteiger partial charge in [-0.15, -0.1) is 0 Å². The van der Waals surface area contributed by atoms with E-state index >= 15 is 0 Å². The Balaban J connectivity index is 1.96. The lowest BCUT2D eigenvalue weighted by Gasteiger charge is -2.14. The molecule has 0 aromatic heterocycles. The number of nitrogens with zero attached hydrogens (tertiary/aromatic N) is 1. The molecule has 29 heavy (non-hydrogen) atoms. The number of benzene rings is 2. The van der Waals surface area contributed by atoms with Crippen LogP contribution in [0.2, 0.25) is 0 Å². The number of esters is 1. The van der Waals surface area contributed by atoms with Crippen LogP contribution in [0.5, 0.6) is 11.5 Å². The number of hydrogen-bond donors (Lipinski definition) is 1. The molecule has 1 N–H and O–H groups in total. The van der Waals surface area contributed by atoms with Crippen molar-refractivity contribution in [3.05, 3.63) is 55.6 Å². The fourth-order valence-corrected chi connectivity index (χ4v) is 3.57. The molecule has 7 nitrogen and oxygen atoms in total. The Morgan fingerprint density at radius 2 is 1.93 bits per heavy atom. The Kier molecular flexibility index (Phi) is 6.58. The van der Waals surface area contributed by atoms with Crippen molar-refractivity contribution in [2.45, 2.75) is 13.8 Å². The molecule has 0 radical (unpaired) electrons. The molecule has 150 valence electrons. The van der Waals surface area contributed by atoms with E-state index in [1.165, 1.54) is 18.0 Å². The number of amides is 2. The van der Waals surface area contributed by atoms with Crippen molar-refractivity contribution in [3.63, 3.8) is 0 Å². The van der Waals surface area contributed by atoms with Gasteiger partial charge in [0.05, 0.1) is 16.8 Å². The molecule has 0 bridgehead atoms. The van der Waals surface area contributed by atoms with Crippen LogP contribution in [-0.4, -0.2) is 24.4 Å². The molecule has 2 aromatic carbocycles. The van der Waals surface area contributed by atoms with E-state index in [0.717, 1.165) is 3.57 Å². The summed E-state index contributed by atoms with van der Waals surface area (Å²) in [6, 6.07) is 10.4. The number of nitrogens with one attached hydrogen (secondary N) is 1. The second-order valence-corrected chi connectivity index (χ2v) is 8.07. The third-order valence-electron chi connectivity index (χ3n) is 3.86. The zero-order chi connectivity index (χ0) is 21.1. The molecule has 2 aromatic rings. The highest BCUT2D eigenvalue weighted by atomic mass is 127. The summed E-state index contributed by atoms with van der Waals surface area (Å²) >= 11 is 5.51. The van der Waals surface area contributed by atoms with E-state index in [9.17, 15) is 14.4 Å². The number of carbonyl (C=O) groups excluding carboxylic acids is 3. The van der Waals surface area contributed by atoms with Crippen LogP contribution in [0.3, 0.4) is 0 Å². The van der Waals surface area contributed by atoms with Gasteiger partial charge in [-0.2, -0.15) is 0 Å². The average molecular weight is 571 g/mol. The summed E-state index contributed by atoms with van der Waals surface area (Å²) in [6.45, 7) is 3.43. The lowest BCUT2D eigenvalue weighted by Crippen LogP contribution is -2.35. The molecule has 0 unspecified atom stereocenters. The molecule has 1 aliphatic rings. The molecule has 0 aliphatic carbocycles. The van der Waals surface area contributed by atoms with Gasteiger partial charge in [0.25, 0.3) is 11.8 Å². The first-order valence-corrected chi connectivity index (χ1v) is 10.4. The lowest BCUT2D eigenvalue weighted by molar-refractivity contribution is -0.132. The number of halogens is 2. The van der Waals surface area contributed by atoms with Crippen LogP contribution in [0.25, 0.3) is 6.08 Å². The summed E-state index contributed by atoms with van der Waals surface area (Å²) in [5, 5.41) is 1.20. The smallest absolute Gasteiger partial charge is 0.308 e. The summed E-state index contributed by atoms with van der Waals surface area (Å²) in [5.41, 5.74) is 3.65. The molecular weight excluding hydrogens is 555 g/mol. The summed E-state index contributed by atoms with van der Waals surface area (Å²) in [7, 11) is 0. The number of hydrazine groups is 1. The van der Waals surface area contributed by atoms with Crippen LogP contribution in [0.4, 0.5) is 5.69 Å². The summed E-state index contributed by atoms with van der Waals surface area (Å²) in [6.07, 6.45) is 1.47. The van der Waals surface area contributed by atoms with E-state index < -0.39 is 17.8 Å². The zero-order valence-electron chi connectivity index (χ0n) is 15.5. The SMILES string of the molecule is CCOc1cc(/C=C2/C(=O)NN(c3ccc(I)cc3)C2=O)cc(Br)c1OC(C)=O. The maximum atomic E-state index is 12.8. The third kappa shape index (κ3) is 4.78. The number of carbonyl (C=O) groups is 3. The van der Waals surface area contributed by atoms with Gasteiger partial charge in [0, 0.05) is 10.5 Å².